The largest absolute Gasteiger partial charge is 0.369 e. The Kier molecular flexibility index (Phi) is 4.80. The Morgan fingerprint density at radius 3 is 2.72 bits per heavy atom. The molecule has 1 atom stereocenters. The number of rotatable bonds is 4. The quantitative estimate of drug-likeness (QED) is 0.605. The highest BCUT2D eigenvalue weighted by atomic mass is 127. The van der Waals surface area contributed by atoms with Crippen LogP contribution in [0.25, 0.3) is 0 Å². The van der Waals surface area contributed by atoms with Gasteiger partial charge in [-0.15, -0.1) is 0 Å². The fraction of sp³-hybridized carbons (Fsp3) is 0.538. The molecule has 0 aromatic heterocycles. The summed E-state index contributed by atoms with van der Waals surface area (Å²) >= 11 is 2.11. The zero-order valence-electron chi connectivity index (χ0n) is 10.5. The molecule has 1 aliphatic rings. The summed E-state index contributed by atoms with van der Waals surface area (Å²) in [4.78, 5) is 2.06. The van der Waals surface area contributed by atoms with Crippen LogP contribution in [0.5, 0.6) is 0 Å². The number of nitrogens with zero attached hydrogens (tertiary/aromatic N) is 1. The number of hydrogen-bond donors (Lipinski definition) is 0. The normalized spacial score (nSPS) is 19.8. The standard InChI is InChI=1S/C13H17FINO2/c1-17-13(18-2)9-5-6-16(8-9)12-4-3-10(15)7-11(12)14/h3-4,7,9,13H,5-6,8H2,1-2H3/t9-/m0/s1. The van der Waals surface area contributed by atoms with Crippen LogP contribution in [0.4, 0.5) is 10.1 Å². The molecule has 1 aromatic rings. The summed E-state index contributed by atoms with van der Waals surface area (Å²) in [6.45, 7) is 1.61. The summed E-state index contributed by atoms with van der Waals surface area (Å²) in [5, 5.41) is 0. The van der Waals surface area contributed by atoms with E-state index < -0.39 is 0 Å². The van der Waals surface area contributed by atoms with Gasteiger partial charge in [0.1, 0.15) is 5.82 Å². The first-order valence-corrected chi connectivity index (χ1v) is 6.99. The van der Waals surface area contributed by atoms with Crippen molar-refractivity contribution in [3.05, 3.63) is 27.6 Å². The summed E-state index contributed by atoms with van der Waals surface area (Å²) in [6, 6.07) is 5.33. The molecule has 0 amide bonds. The monoisotopic (exact) mass is 365 g/mol. The van der Waals surface area contributed by atoms with E-state index in [9.17, 15) is 4.39 Å². The van der Waals surface area contributed by atoms with Crippen molar-refractivity contribution in [2.24, 2.45) is 5.92 Å². The lowest BCUT2D eigenvalue weighted by Gasteiger charge is -2.22. The molecular weight excluding hydrogens is 348 g/mol. The van der Waals surface area contributed by atoms with Crippen molar-refractivity contribution in [2.75, 3.05) is 32.2 Å². The maximum absolute atomic E-state index is 13.9. The lowest BCUT2D eigenvalue weighted by Crippen LogP contribution is -2.28. The average molecular weight is 365 g/mol. The van der Waals surface area contributed by atoms with Gasteiger partial charge in [-0.05, 0) is 47.2 Å². The van der Waals surface area contributed by atoms with E-state index in [1.807, 2.05) is 12.1 Å². The molecule has 100 valence electrons. The van der Waals surface area contributed by atoms with E-state index in [0.717, 1.165) is 23.1 Å². The van der Waals surface area contributed by atoms with Gasteiger partial charge in [-0.1, -0.05) is 0 Å². The number of halogens is 2. The van der Waals surface area contributed by atoms with Crippen LogP contribution >= 0.6 is 22.6 Å². The van der Waals surface area contributed by atoms with Crippen LogP contribution in [0.1, 0.15) is 6.42 Å². The molecule has 5 heteroatoms. The van der Waals surface area contributed by atoms with Crippen molar-refractivity contribution in [3.63, 3.8) is 0 Å². The summed E-state index contributed by atoms with van der Waals surface area (Å²) in [6.07, 6.45) is 0.750. The second-order valence-electron chi connectivity index (χ2n) is 4.43. The zero-order valence-corrected chi connectivity index (χ0v) is 12.7. The van der Waals surface area contributed by atoms with Crippen molar-refractivity contribution < 1.29 is 13.9 Å². The molecule has 0 radical (unpaired) electrons. The summed E-state index contributed by atoms with van der Waals surface area (Å²) in [5.74, 6) is 0.132. The number of methoxy groups -OCH3 is 2. The maximum atomic E-state index is 13.9. The van der Waals surface area contributed by atoms with Crippen molar-refractivity contribution >= 4 is 28.3 Å². The van der Waals surface area contributed by atoms with Crippen LogP contribution in [0.2, 0.25) is 0 Å². The molecule has 18 heavy (non-hydrogen) atoms. The SMILES string of the molecule is COC(OC)[C@H]1CCN(c2ccc(I)cc2F)C1. The molecule has 0 bridgehead atoms. The molecule has 0 aliphatic carbocycles. The molecule has 0 N–H and O–H groups in total. The smallest absolute Gasteiger partial charge is 0.161 e. The highest BCUT2D eigenvalue weighted by Gasteiger charge is 2.30. The van der Waals surface area contributed by atoms with Gasteiger partial charge in [0.05, 0.1) is 5.69 Å². The van der Waals surface area contributed by atoms with Crippen molar-refractivity contribution in [1.82, 2.24) is 0 Å². The van der Waals surface area contributed by atoms with Gasteiger partial charge in [0.2, 0.25) is 0 Å². The number of ether oxygens (including phenoxy) is 2. The number of benzene rings is 1. The fourth-order valence-electron chi connectivity index (χ4n) is 2.45. The molecular formula is C13H17FINO2. The maximum Gasteiger partial charge on any atom is 0.161 e. The van der Waals surface area contributed by atoms with E-state index in [-0.39, 0.29) is 12.1 Å². The molecule has 0 saturated carbocycles. The Morgan fingerprint density at radius 2 is 2.11 bits per heavy atom. The topological polar surface area (TPSA) is 21.7 Å². The van der Waals surface area contributed by atoms with Gasteiger partial charge in [-0.25, -0.2) is 4.39 Å². The fourth-order valence-corrected chi connectivity index (χ4v) is 2.90. The Hall–Kier alpha value is -0.400. The number of hydrogen-bond acceptors (Lipinski definition) is 3. The van der Waals surface area contributed by atoms with Gasteiger partial charge in [-0.3, -0.25) is 0 Å². The first-order valence-electron chi connectivity index (χ1n) is 5.91. The first kappa shape index (κ1) is 14.0. The molecule has 3 nitrogen and oxygen atoms in total. The van der Waals surface area contributed by atoms with Crippen LogP contribution in [-0.4, -0.2) is 33.6 Å². The Bertz CT molecular complexity index is 412. The van der Waals surface area contributed by atoms with Gasteiger partial charge < -0.3 is 14.4 Å². The van der Waals surface area contributed by atoms with Crippen LogP contribution in [0.3, 0.4) is 0 Å². The minimum atomic E-state index is -0.207. The summed E-state index contributed by atoms with van der Waals surface area (Å²) in [5.41, 5.74) is 0.670. The third-order valence-corrected chi connectivity index (χ3v) is 4.00. The van der Waals surface area contributed by atoms with Gasteiger partial charge in [0.25, 0.3) is 0 Å². The van der Waals surface area contributed by atoms with Crippen molar-refractivity contribution in [2.45, 2.75) is 12.7 Å². The van der Waals surface area contributed by atoms with Gasteiger partial charge in [-0.2, -0.15) is 0 Å². The molecule has 0 spiro atoms. The first-order chi connectivity index (χ1) is 8.65. The predicted molar refractivity (Wildman–Crippen MR) is 77.2 cm³/mol. The van der Waals surface area contributed by atoms with Gasteiger partial charge in [0, 0.05) is 36.8 Å². The second-order valence-corrected chi connectivity index (χ2v) is 5.68. The van der Waals surface area contributed by atoms with E-state index >= 15 is 0 Å². The predicted octanol–water partition coefficient (Wildman–Crippen LogP) is 2.88. The van der Waals surface area contributed by atoms with Crippen LogP contribution in [0.15, 0.2) is 18.2 Å². The van der Waals surface area contributed by atoms with Crippen LogP contribution in [-0.2, 0) is 9.47 Å². The lowest BCUT2D eigenvalue weighted by atomic mass is 10.1. The number of anilines is 1. The van der Waals surface area contributed by atoms with Crippen molar-refractivity contribution in [1.29, 1.82) is 0 Å². The van der Waals surface area contributed by atoms with Gasteiger partial charge in [0.15, 0.2) is 6.29 Å². The van der Waals surface area contributed by atoms with Crippen LogP contribution < -0.4 is 4.90 Å². The molecule has 1 saturated heterocycles. The highest BCUT2D eigenvalue weighted by Crippen LogP contribution is 2.29. The third-order valence-electron chi connectivity index (χ3n) is 3.32. The van der Waals surface area contributed by atoms with Crippen molar-refractivity contribution in [3.8, 4) is 0 Å². The van der Waals surface area contributed by atoms with E-state index in [1.54, 1.807) is 20.3 Å². The lowest BCUT2D eigenvalue weighted by molar-refractivity contribution is -0.132. The average Bonchev–Trinajstić information content (AvgIpc) is 2.80. The molecule has 0 unspecified atom stereocenters. The Labute approximate surface area is 120 Å². The molecule has 1 aromatic carbocycles. The minimum Gasteiger partial charge on any atom is -0.369 e. The van der Waals surface area contributed by atoms with E-state index in [1.165, 1.54) is 0 Å². The summed E-state index contributed by atoms with van der Waals surface area (Å²) in [7, 11) is 3.28. The van der Waals surface area contributed by atoms with Gasteiger partial charge >= 0.3 is 0 Å². The zero-order chi connectivity index (χ0) is 13.1. The molecule has 2 rings (SSSR count). The summed E-state index contributed by atoms with van der Waals surface area (Å²) < 4.78 is 25.3. The highest BCUT2D eigenvalue weighted by molar-refractivity contribution is 14.1. The van der Waals surface area contributed by atoms with Crippen LogP contribution in [0, 0.1) is 15.3 Å². The van der Waals surface area contributed by atoms with E-state index in [0.29, 0.717) is 11.6 Å². The minimum absolute atomic E-state index is 0.158. The Balaban J connectivity index is 2.08. The molecule has 1 heterocycles. The second kappa shape index (κ2) is 6.16. The van der Waals surface area contributed by atoms with E-state index in [4.69, 9.17) is 9.47 Å². The Morgan fingerprint density at radius 1 is 1.39 bits per heavy atom. The molecule has 1 fully saturated rings. The third kappa shape index (κ3) is 2.95. The molecule has 1 aliphatic heterocycles. The van der Waals surface area contributed by atoms with E-state index in [2.05, 4.69) is 27.5 Å².